The third-order valence-electron chi connectivity index (χ3n) is 5.35. The minimum atomic E-state index is -3.93. The molecule has 1 aromatic heterocycles. The van der Waals surface area contributed by atoms with Crippen LogP contribution in [0.25, 0.3) is 10.9 Å². The molecule has 0 bridgehead atoms. The summed E-state index contributed by atoms with van der Waals surface area (Å²) < 4.78 is 33.1. The molecule has 1 aliphatic rings. The highest BCUT2D eigenvalue weighted by Gasteiger charge is 2.27. The fourth-order valence-electron chi connectivity index (χ4n) is 3.63. The van der Waals surface area contributed by atoms with Gasteiger partial charge in [0.25, 0.3) is 0 Å². The van der Waals surface area contributed by atoms with E-state index in [9.17, 15) is 13.2 Å². The molecule has 0 atom stereocenters. The van der Waals surface area contributed by atoms with Gasteiger partial charge in [-0.1, -0.05) is 0 Å². The second kappa shape index (κ2) is 7.86. The van der Waals surface area contributed by atoms with Crippen molar-refractivity contribution in [3.05, 3.63) is 41.6 Å². The van der Waals surface area contributed by atoms with Crippen molar-refractivity contribution in [2.75, 3.05) is 44.0 Å². The van der Waals surface area contributed by atoms with Crippen molar-refractivity contribution in [1.29, 1.82) is 0 Å². The molecule has 4 rings (SSSR count). The molecule has 0 fully saturated rings. The topological polar surface area (TPSA) is 108 Å². The van der Waals surface area contributed by atoms with Gasteiger partial charge in [-0.25, -0.2) is 8.42 Å². The van der Waals surface area contributed by atoms with Crippen LogP contribution in [0.15, 0.2) is 35.2 Å². The number of aryl methyl sites for hydroxylation is 2. The van der Waals surface area contributed by atoms with Gasteiger partial charge in [0.15, 0.2) is 0 Å². The molecule has 31 heavy (non-hydrogen) atoms. The first-order valence-electron chi connectivity index (χ1n) is 9.86. The molecule has 9 nitrogen and oxygen atoms in total. The number of aromatic amines is 1. The number of fused-ring (bicyclic) bond motifs is 2. The van der Waals surface area contributed by atoms with Gasteiger partial charge >= 0.3 is 0 Å². The SMILES string of the molecule is Cc1cc(S(=O)(=O)N(C)CC(=O)Nc2ccc3c(c2)OCCN3C)c2n[nH]c(C)c2c1. The van der Waals surface area contributed by atoms with Gasteiger partial charge < -0.3 is 15.0 Å². The summed E-state index contributed by atoms with van der Waals surface area (Å²) in [5.41, 5.74) is 3.45. The van der Waals surface area contributed by atoms with E-state index in [-0.39, 0.29) is 11.4 Å². The largest absolute Gasteiger partial charge is 0.489 e. The Hall–Kier alpha value is -3.11. The Morgan fingerprint density at radius 2 is 2.06 bits per heavy atom. The summed E-state index contributed by atoms with van der Waals surface area (Å²) in [5, 5.41) is 10.5. The van der Waals surface area contributed by atoms with Gasteiger partial charge in [-0.3, -0.25) is 9.89 Å². The normalized spacial score (nSPS) is 13.9. The molecular weight excluding hydrogens is 418 g/mol. The Morgan fingerprint density at radius 3 is 2.84 bits per heavy atom. The molecule has 164 valence electrons. The average Bonchev–Trinajstić information content (AvgIpc) is 3.08. The quantitative estimate of drug-likeness (QED) is 0.626. The lowest BCUT2D eigenvalue weighted by Crippen LogP contribution is -2.35. The molecule has 2 N–H and O–H groups in total. The summed E-state index contributed by atoms with van der Waals surface area (Å²) in [4.78, 5) is 14.7. The van der Waals surface area contributed by atoms with E-state index in [1.807, 2.05) is 33.0 Å². The lowest BCUT2D eigenvalue weighted by Gasteiger charge is -2.28. The Morgan fingerprint density at radius 1 is 1.29 bits per heavy atom. The summed E-state index contributed by atoms with van der Waals surface area (Å²) in [5.74, 6) is 0.237. The van der Waals surface area contributed by atoms with Crippen LogP contribution in [0.5, 0.6) is 5.75 Å². The number of hydrogen-bond acceptors (Lipinski definition) is 6. The van der Waals surface area contributed by atoms with Gasteiger partial charge in [0.1, 0.15) is 22.8 Å². The van der Waals surface area contributed by atoms with Gasteiger partial charge in [-0.05, 0) is 43.7 Å². The number of H-pyrrole nitrogens is 1. The Kier molecular flexibility index (Phi) is 5.36. The van der Waals surface area contributed by atoms with E-state index in [2.05, 4.69) is 20.4 Å². The lowest BCUT2D eigenvalue weighted by atomic mass is 10.1. The van der Waals surface area contributed by atoms with Gasteiger partial charge in [-0.2, -0.15) is 9.40 Å². The number of nitrogens with zero attached hydrogens (tertiary/aromatic N) is 3. The molecule has 3 aromatic rings. The minimum absolute atomic E-state index is 0.0763. The van der Waals surface area contributed by atoms with Crippen molar-refractivity contribution in [1.82, 2.24) is 14.5 Å². The minimum Gasteiger partial charge on any atom is -0.489 e. The fourth-order valence-corrected chi connectivity index (χ4v) is 4.99. The molecular formula is C21H25N5O4S. The van der Waals surface area contributed by atoms with E-state index in [0.29, 0.717) is 23.6 Å². The molecule has 2 aromatic carbocycles. The third kappa shape index (κ3) is 3.96. The van der Waals surface area contributed by atoms with Crippen LogP contribution in [0.4, 0.5) is 11.4 Å². The molecule has 0 radical (unpaired) electrons. The van der Waals surface area contributed by atoms with Crippen LogP contribution in [0.3, 0.4) is 0 Å². The molecule has 0 unspecified atom stereocenters. The number of anilines is 2. The first kappa shape index (κ1) is 21.1. The highest BCUT2D eigenvalue weighted by molar-refractivity contribution is 7.89. The van der Waals surface area contributed by atoms with E-state index < -0.39 is 15.9 Å². The van der Waals surface area contributed by atoms with E-state index >= 15 is 0 Å². The van der Waals surface area contributed by atoms with Crippen molar-refractivity contribution < 1.29 is 17.9 Å². The number of sulfonamides is 1. The summed E-state index contributed by atoms with van der Waals surface area (Å²) in [6, 6.07) is 8.84. The number of likely N-dealkylation sites (N-methyl/N-ethyl adjacent to an activating group) is 2. The van der Waals surface area contributed by atoms with Gasteiger partial charge in [0.2, 0.25) is 15.9 Å². The monoisotopic (exact) mass is 443 g/mol. The smallest absolute Gasteiger partial charge is 0.245 e. The van der Waals surface area contributed by atoms with E-state index in [1.54, 1.807) is 18.2 Å². The van der Waals surface area contributed by atoms with Crippen LogP contribution in [0, 0.1) is 13.8 Å². The lowest BCUT2D eigenvalue weighted by molar-refractivity contribution is -0.116. The first-order valence-corrected chi connectivity index (χ1v) is 11.3. The number of aromatic nitrogens is 2. The van der Waals surface area contributed by atoms with Crippen LogP contribution < -0.4 is 15.0 Å². The zero-order valence-corrected chi connectivity index (χ0v) is 18.7. The molecule has 1 aliphatic heterocycles. The maximum Gasteiger partial charge on any atom is 0.245 e. The van der Waals surface area contributed by atoms with E-state index in [4.69, 9.17) is 4.74 Å². The number of nitrogens with one attached hydrogen (secondary N) is 2. The zero-order chi connectivity index (χ0) is 22.3. The Balaban J connectivity index is 1.53. The van der Waals surface area contributed by atoms with Gasteiger partial charge in [0.05, 0.1) is 18.8 Å². The number of benzene rings is 2. The van der Waals surface area contributed by atoms with Crippen molar-refractivity contribution in [3.63, 3.8) is 0 Å². The maximum atomic E-state index is 13.2. The number of carbonyl (C=O) groups excluding carboxylic acids is 1. The molecule has 1 amide bonds. The van der Waals surface area contributed by atoms with Crippen molar-refractivity contribution >= 4 is 38.2 Å². The number of hydrogen-bond donors (Lipinski definition) is 2. The van der Waals surface area contributed by atoms with Crippen molar-refractivity contribution in [2.24, 2.45) is 0 Å². The van der Waals surface area contributed by atoms with Crippen LogP contribution in [-0.4, -0.2) is 62.6 Å². The van der Waals surface area contributed by atoms with E-state index in [1.165, 1.54) is 7.05 Å². The second-order valence-corrected chi connectivity index (χ2v) is 9.78. The van der Waals surface area contributed by atoms with Crippen LogP contribution in [-0.2, 0) is 14.8 Å². The standard InChI is InChI=1S/C21H25N5O4S/c1-13-9-16-14(2)23-24-21(16)19(10-13)31(28,29)26(4)12-20(27)22-15-5-6-17-18(11-15)30-8-7-25(17)3/h5-6,9-11H,7-8,12H2,1-4H3,(H,22,27)(H,23,24). The highest BCUT2D eigenvalue weighted by Crippen LogP contribution is 2.33. The highest BCUT2D eigenvalue weighted by atomic mass is 32.2. The second-order valence-electron chi connectivity index (χ2n) is 7.77. The fraction of sp³-hybridized carbons (Fsp3) is 0.333. The number of rotatable bonds is 5. The molecule has 0 saturated heterocycles. The van der Waals surface area contributed by atoms with Crippen LogP contribution in [0.1, 0.15) is 11.3 Å². The molecule has 10 heteroatoms. The summed E-state index contributed by atoms with van der Waals surface area (Å²) in [6.07, 6.45) is 0. The number of carbonyl (C=O) groups is 1. The Labute approximate surface area is 181 Å². The van der Waals surface area contributed by atoms with Crippen molar-refractivity contribution in [3.8, 4) is 5.75 Å². The predicted octanol–water partition coefficient (Wildman–Crippen LogP) is 2.27. The molecule has 0 aliphatic carbocycles. The average molecular weight is 444 g/mol. The molecule has 2 heterocycles. The first-order chi connectivity index (χ1) is 14.7. The van der Waals surface area contributed by atoms with Gasteiger partial charge in [0, 0.05) is 36.9 Å². The summed E-state index contributed by atoms with van der Waals surface area (Å²) in [7, 11) is -0.568. The summed E-state index contributed by atoms with van der Waals surface area (Å²) >= 11 is 0. The summed E-state index contributed by atoms with van der Waals surface area (Å²) in [6.45, 7) is 4.69. The Bertz CT molecular complexity index is 1270. The van der Waals surface area contributed by atoms with Crippen LogP contribution >= 0.6 is 0 Å². The number of ether oxygens (including phenoxy) is 1. The maximum absolute atomic E-state index is 13.2. The zero-order valence-electron chi connectivity index (χ0n) is 17.9. The molecule has 0 spiro atoms. The third-order valence-corrected chi connectivity index (χ3v) is 7.17. The molecule has 0 saturated carbocycles. The number of amides is 1. The van der Waals surface area contributed by atoms with E-state index in [0.717, 1.165) is 33.2 Å². The predicted molar refractivity (Wildman–Crippen MR) is 119 cm³/mol. The van der Waals surface area contributed by atoms with Crippen molar-refractivity contribution in [2.45, 2.75) is 18.7 Å². The van der Waals surface area contributed by atoms with Gasteiger partial charge in [-0.15, -0.1) is 0 Å². The van der Waals surface area contributed by atoms with Crippen LogP contribution in [0.2, 0.25) is 0 Å².